The molecule has 3 rings (SSSR count). The zero-order valence-corrected chi connectivity index (χ0v) is 16.3. The Balaban J connectivity index is 2.24. The van der Waals surface area contributed by atoms with Crippen molar-refractivity contribution in [3.63, 3.8) is 0 Å². The van der Waals surface area contributed by atoms with E-state index in [4.69, 9.17) is 16.3 Å². The molecule has 0 aliphatic carbocycles. The highest BCUT2D eigenvalue weighted by molar-refractivity contribution is 6.30. The molecule has 8 heteroatoms. The smallest absolute Gasteiger partial charge is 0.336 e. The normalized spacial score (nSPS) is 12.1. The van der Waals surface area contributed by atoms with Gasteiger partial charge in [0.25, 0.3) is 5.56 Å². The number of rotatable bonds is 6. The third kappa shape index (κ3) is 3.72. The van der Waals surface area contributed by atoms with Crippen LogP contribution >= 0.6 is 11.6 Å². The van der Waals surface area contributed by atoms with Gasteiger partial charge in [-0.3, -0.25) is 14.2 Å². The van der Waals surface area contributed by atoms with Crippen molar-refractivity contribution in [1.29, 1.82) is 0 Å². The lowest BCUT2D eigenvalue weighted by molar-refractivity contribution is -0.124. The highest BCUT2D eigenvalue weighted by atomic mass is 35.5. The minimum atomic E-state index is -0.833. The quantitative estimate of drug-likeness (QED) is 0.641. The van der Waals surface area contributed by atoms with Crippen molar-refractivity contribution < 1.29 is 9.53 Å². The molecule has 0 spiro atoms. The number of carbonyl (C=O) groups excluding carboxylic acids is 1. The van der Waals surface area contributed by atoms with E-state index in [0.29, 0.717) is 34.8 Å². The molecule has 146 valence electrons. The number of methoxy groups -OCH3 is 1. The maximum Gasteiger partial charge on any atom is 0.336 e. The van der Waals surface area contributed by atoms with E-state index in [1.807, 2.05) is 0 Å². The molecule has 0 fully saturated rings. The minimum absolute atomic E-state index is 0.320. The SMILES string of the molecule is COCCNC(=O)[C@@H](C)n1c(=O)n(-c2cccc(Cl)c2)c(=O)c2ccccc21. The van der Waals surface area contributed by atoms with Crippen LogP contribution in [0.3, 0.4) is 0 Å². The van der Waals surface area contributed by atoms with Gasteiger partial charge in [-0.2, -0.15) is 0 Å². The zero-order chi connectivity index (χ0) is 20.3. The fourth-order valence-electron chi connectivity index (χ4n) is 3.04. The molecule has 1 N–H and O–H groups in total. The second-order valence-corrected chi connectivity index (χ2v) is 6.69. The molecule has 28 heavy (non-hydrogen) atoms. The van der Waals surface area contributed by atoms with Crippen LogP contribution in [0.2, 0.25) is 5.02 Å². The van der Waals surface area contributed by atoms with Crippen LogP contribution in [0.1, 0.15) is 13.0 Å². The van der Waals surface area contributed by atoms with Gasteiger partial charge in [0.1, 0.15) is 6.04 Å². The number of nitrogens with one attached hydrogen (secondary N) is 1. The Morgan fingerprint density at radius 1 is 1.18 bits per heavy atom. The average Bonchev–Trinajstić information content (AvgIpc) is 2.68. The first kappa shape index (κ1) is 19.9. The molecule has 0 saturated heterocycles. The molecule has 1 heterocycles. The van der Waals surface area contributed by atoms with Crippen LogP contribution in [0.5, 0.6) is 0 Å². The summed E-state index contributed by atoms with van der Waals surface area (Å²) < 4.78 is 7.29. The molecule has 0 bridgehead atoms. The van der Waals surface area contributed by atoms with Gasteiger partial charge >= 0.3 is 5.69 Å². The fourth-order valence-corrected chi connectivity index (χ4v) is 3.23. The minimum Gasteiger partial charge on any atom is -0.383 e. The Labute approximate surface area is 166 Å². The van der Waals surface area contributed by atoms with E-state index in [2.05, 4.69) is 5.32 Å². The third-order valence-electron chi connectivity index (χ3n) is 4.43. The van der Waals surface area contributed by atoms with Gasteiger partial charge in [-0.25, -0.2) is 9.36 Å². The molecule has 0 aliphatic rings. The monoisotopic (exact) mass is 401 g/mol. The summed E-state index contributed by atoms with van der Waals surface area (Å²) in [7, 11) is 1.54. The number of fused-ring (bicyclic) bond motifs is 1. The second kappa shape index (κ2) is 8.41. The Morgan fingerprint density at radius 3 is 2.64 bits per heavy atom. The number of aromatic nitrogens is 2. The number of carbonyl (C=O) groups is 1. The summed E-state index contributed by atoms with van der Waals surface area (Å²) in [5, 5.41) is 3.45. The van der Waals surface area contributed by atoms with Gasteiger partial charge in [0.15, 0.2) is 0 Å². The van der Waals surface area contributed by atoms with Gasteiger partial charge in [0.2, 0.25) is 5.91 Å². The first-order valence-corrected chi connectivity index (χ1v) is 9.12. The molecule has 1 atom stereocenters. The molecular weight excluding hydrogens is 382 g/mol. The van der Waals surface area contributed by atoms with Crippen molar-refractivity contribution in [3.8, 4) is 5.69 Å². The van der Waals surface area contributed by atoms with Gasteiger partial charge in [0.05, 0.1) is 23.2 Å². The number of amides is 1. The Morgan fingerprint density at radius 2 is 1.93 bits per heavy atom. The van der Waals surface area contributed by atoms with Gasteiger partial charge in [-0.15, -0.1) is 0 Å². The van der Waals surface area contributed by atoms with Gasteiger partial charge in [-0.05, 0) is 37.3 Å². The van der Waals surface area contributed by atoms with Crippen LogP contribution in [-0.4, -0.2) is 35.3 Å². The molecule has 1 amide bonds. The van der Waals surface area contributed by atoms with Crippen molar-refractivity contribution in [2.24, 2.45) is 0 Å². The predicted octanol–water partition coefficient (Wildman–Crippen LogP) is 2.13. The summed E-state index contributed by atoms with van der Waals surface area (Å²) in [6, 6.07) is 12.3. The Hall–Kier alpha value is -2.90. The van der Waals surface area contributed by atoms with Crippen LogP contribution in [0.4, 0.5) is 0 Å². The van der Waals surface area contributed by atoms with E-state index < -0.39 is 17.3 Å². The van der Waals surface area contributed by atoms with E-state index in [-0.39, 0.29) is 5.91 Å². The van der Waals surface area contributed by atoms with Gasteiger partial charge in [0, 0.05) is 18.7 Å². The Kier molecular flexibility index (Phi) is 5.96. The lowest BCUT2D eigenvalue weighted by Crippen LogP contribution is -2.44. The number of hydrogen-bond donors (Lipinski definition) is 1. The van der Waals surface area contributed by atoms with Crippen molar-refractivity contribution in [2.45, 2.75) is 13.0 Å². The molecule has 3 aromatic rings. The molecule has 7 nitrogen and oxygen atoms in total. The number of nitrogens with zero attached hydrogens (tertiary/aromatic N) is 2. The summed E-state index contributed by atoms with van der Waals surface area (Å²) in [5.41, 5.74) is -0.342. The molecule has 0 aliphatic heterocycles. The van der Waals surface area contributed by atoms with Crippen LogP contribution < -0.4 is 16.6 Å². The maximum atomic E-state index is 13.3. The summed E-state index contributed by atoms with van der Waals surface area (Å²) in [6.45, 7) is 2.29. The lowest BCUT2D eigenvalue weighted by atomic mass is 10.2. The van der Waals surface area contributed by atoms with Crippen molar-refractivity contribution in [3.05, 3.63) is 74.4 Å². The zero-order valence-electron chi connectivity index (χ0n) is 15.5. The maximum absolute atomic E-state index is 13.3. The second-order valence-electron chi connectivity index (χ2n) is 6.25. The van der Waals surface area contributed by atoms with Crippen LogP contribution in [0.15, 0.2) is 58.1 Å². The average molecular weight is 402 g/mol. The standard InChI is InChI=1S/C20H20ClN3O4/c1-13(18(25)22-10-11-28-2)23-17-9-4-3-8-16(17)19(26)24(20(23)27)15-7-5-6-14(21)12-15/h3-9,12-13H,10-11H2,1-2H3,(H,22,25)/t13-/m1/s1. The highest BCUT2D eigenvalue weighted by Gasteiger charge is 2.22. The number of para-hydroxylation sites is 1. The first-order chi connectivity index (χ1) is 13.5. The number of hydrogen-bond acceptors (Lipinski definition) is 4. The Bertz CT molecular complexity index is 1140. The van der Waals surface area contributed by atoms with E-state index in [1.165, 1.54) is 17.7 Å². The summed E-state index contributed by atoms with van der Waals surface area (Å²) in [4.78, 5) is 38.8. The molecule has 2 aromatic carbocycles. The van der Waals surface area contributed by atoms with E-state index >= 15 is 0 Å². The molecule has 0 unspecified atom stereocenters. The first-order valence-electron chi connectivity index (χ1n) is 8.74. The van der Waals surface area contributed by atoms with Crippen LogP contribution in [0, 0.1) is 0 Å². The molecule has 0 saturated carbocycles. The van der Waals surface area contributed by atoms with E-state index in [9.17, 15) is 14.4 Å². The van der Waals surface area contributed by atoms with Crippen LogP contribution in [0.25, 0.3) is 16.6 Å². The van der Waals surface area contributed by atoms with Crippen molar-refractivity contribution in [1.82, 2.24) is 14.5 Å². The largest absolute Gasteiger partial charge is 0.383 e. The summed E-state index contributed by atoms with van der Waals surface area (Å²) in [6.07, 6.45) is 0. The van der Waals surface area contributed by atoms with Gasteiger partial charge in [-0.1, -0.05) is 29.8 Å². The summed E-state index contributed by atoms with van der Waals surface area (Å²) in [5.74, 6) is -0.347. The van der Waals surface area contributed by atoms with Crippen molar-refractivity contribution in [2.75, 3.05) is 20.3 Å². The predicted molar refractivity (Wildman–Crippen MR) is 108 cm³/mol. The fraction of sp³-hybridized carbons (Fsp3) is 0.250. The summed E-state index contributed by atoms with van der Waals surface area (Å²) >= 11 is 6.04. The number of benzene rings is 2. The lowest BCUT2D eigenvalue weighted by Gasteiger charge is -2.19. The van der Waals surface area contributed by atoms with Crippen LogP contribution in [-0.2, 0) is 9.53 Å². The molecule has 1 aromatic heterocycles. The molecule has 0 radical (unpaired) electrons. The van der Waals surface area contributed by atoms with Gasteiger partial charge < -0.3 is 10.1 Å². The van der Waals surface area contributed by atoms with Crippen molar-refractivity contribution >= 4 is 28.4 Å². The number of halogens is 1. The number of ether oxygens (including phenoxy) is 1. The van der Waals surface area contributed by atoms with E-state index in [0.717, 1.165) is 4.57 Å². The molecular formula is C20H20ClN3O4. The van der Waals surface area contributed by atoms with E-state index in [1.54, 1.807) is 49.4 Å². The topological polar surface area (TPSA) is 82.3 Å². The highest BCUT2D eigenvalue weighted by Crippen LogP contribution is 2.16. The third-order valence-corrected chi connectivity index (χ3v) is 4.67.